The van der Waals surface area contributed by atoms with E-state index in [0.717, 1.165) is 15.2 Å². The minimum absolute atomic E-state index is 0.0668. The van der Waals surface area contributed by atoms with Crippen LogP contribution in [0.25, 0.3) is 0 Å². The predicted molar refractivity (Wildman–Crippen MR) is 99.7 cm³/mol. The Balaban J connectivity index is 1.43. The lowest BCUT2D eigenvalue weighted by Gasteiger charge is -2.10. The van der Waals surface area contributed by atoms with Crippen LogP contribution in [-0.2, 0) is 11.3 Å². The number of carbonyl (C=O) groups is 1. The molecule has 8 heteroatoms. The van der Waals surface area contributed by atoms with Gasteiger partial charge in [0.05, 0.1) is 18.1 Å². The maximum atomic E-state index is 12.0. The average Bonchev–Trinajstić information content (AvgIpc) is 3.31. The largest absolute Gasteiger partial charge is 0.467 e. The molecule has 0 unspecified atom stereocenters. The van der Waals surface area contributed by atoms with Crippen molar-refractivity contribution >= 4 is 34.1 Å². The van der Waals surface area contributed by atoms with Crippen molar-refractivity contribution in [3.05, 3.63) is 60.1 Å². The van der Waals surface area contributed by atoms with Gasteiger partial charge in [-0.15, -0.1) is 10.2 Å². The van der Waals surface area contributed by atoms with Crippen LogP contribution in [0.15, 0.2) is 57.5 Å². The second-order valence-corrected chi connectivity index (χ2v) is 7.51. The summed E-state index contributed by atoms with van der Waals surface area (Å²) in [5.74, 6) is 0.961. The number of thioether (sulfide) groups is 1. The van der Waals surface area contributed by atoms with Crippen LogP contribution in [0, 0.1) is 0 Å². The van der Waals surface area contributed by atoms with Crippen LogP contribution < -0.4 is 10.6 Å². The van der Waals surface area contributed by atoms with Crippen LogP contribution in [-0.4, -0.2) is 21.9 Å². The molecule has 0 saturated carbocycles. The molecule has 2 aromatic heterocycles. The van der Waals surface area contributed by atoms with Gasteiger partial charge in [0.25, 0.3) is 0 Å². The van der Waals surface area contributed by atoms with Gasteiger partial charge in [0.1, 0.15) is 5.76 Å². The van der Waals surface area contributed by atoms with E-state index >= 15 is 0 Å². The summed E-state index contributed by atoms with van der Waals surface area (Å²) in [6.07, 6.45) is 1.60. The number of anilines is 1. The second kappa shape index (κ2) is 8.68. The molecule has 0 saturated heterocycles. The third kappa shape index (κ3) is 5.33. The van der Waals surface area contributed by atoms with Crippen molar-refractivity contribution in [1.29, 1.82) is 0 Å². The van der Waals surface area contributed by atoms with Gasteiger partial charge in [-0.05, 0) is 24.6 Å². The van der Waals surface area contributed by atoms with Crippen LogP contribution in [0.4, 0.5) is 5.13 Å². The lowest BCUT2D eigenvalue weighted by molar-refractivity contribution is -0.119. The van der Waals surface area contributed by atoms with E-state index in [1.165, 1.54) is 28.7 Å². The van der Waals surface area contributed by atoms with E-state index in [4.69, 9.17) is 4.42 Å². The Morgan fingerprint density at radius 2 is 2.08 bits per heavy atom. The Bertz CT molecular complexity index is 790. The lowest BCUT2D eigenvalue weighted by Crippen LogP contribution is -2.27. The molecule has 0 aliphatic rings. The van der Waals surface area contributed by atoms with E-state index in [-0.39, 0.29) is 11.9 Å². The highest BCUT2D eigenvalue weighted by Crippen LogP contribution is 2.25. The number of benzene rings is 1. The quantitative estimate of drug-likeness (QED) is 0.585. The van der Waals surface area contributed by atoms with Crippen molar-refractivity contribution in [2.45, 2.75) is 23.8 Å². The number of nitrogens with one attached hydrogen (secondary N) is 2. The molecule has 0 bridgehead atoms. The summed E-state index contributed by atoms with van der Waals surface area (Å²) >= 11 is 2.81. The van der Waals surface area contributed by atoms with Crippen molar-refractivity contribution in [3.63, 3.8) is 0 Å². The molecule has 6 nitrogen and oxygen atoms in total. The monoisotopic (exact) mass is 374 g/mol. The molecule has 25 heavy (non-hydrogen) atoms. The highest BCUT2D eigenvalue weighted by molar-refractivity contribution is 8.01. The minimum Gasteiger partial charge on any atom is -0.467 e. The Morgan fingerprint density at radius 3 is 2.84 bits per heavy atom. The molecule has 1 amide bonds. The molecular formula is C17H18N4O2S2. The summed E-state index contributed by atoms with van der Waals surface area (Å²) in [6, 6.07) is 13.6. The number of hydrogen-bond donors (Lipinski definition) is 2. The molecule has 1 aromatic carbocycles. The van der Waals surface area contributed by atoms with E-state index in [0.29, 0.717) is 12.3 Å². The average molecular weight is 374 g/mol. The number of aromatic nitrogens is 2. The molecule has 0 radical (unpaired) electrons. The van der Waals surface area contributed by atoms with E-state index in [1.807, 2.05) is 43.3 Å². The smallest absolute Gasteiger partial charge is 0.231 e. The number of furan rings is 1. The Labute approximate surface area is 154 Å². The molecule has 3 aromatic rings. The van der Waals surface area contributed by atoms with Gasteiger partial charge in [-0.25, -0.2) is 0 Å². The molecule has 2 heterocycles. The maximum absolute atomic E-state index is 12.0. The molecule has 130 valence electrons. The number of nitrogens with zero attached hydrogens (tertiary/aromatic N) is 2. The maximum Gasteiger partial charge on any atom is 0.231 e. The van der Waals surface area contributed by atoms with E-state index < -0.39 is 0 Å². The van der Waals surface area contributed by atoms with Crippen molar-refractivity contribution in [1.82, 2.24) is 15.5 Å². The fourth-order valence-electron chi connectivity index (χ4n) is 2.13. The van der Waals surface area contributed by atoms with Crippen molar-refractivity contribution in [2.24, 2.45) is 0 Å². The summed E-state index contributed by atoms with van der Waals surface area (Å²) in [5.41, 5.74) is 1.18. The van der Waals surface area contributed by atoms with Gasteiger partial charge in [0, 0.05) is 6.54 Å². The lowest BCUT2D eigenvalue weighted by atomic mass is 10.2. The summed E-state index contributed by atoms with van der Waals surface area (Å²) in [7, 11) is 0. The Hall–Kier alpha value is -2.32. The standard InChI is InChI=1S/C17H18N4O2S2/c1-12(14-8-5-9-23-14)19-15(22)11-24-17-21-20-16(25-17)18-10-13-6-3-2-4-7-13/h2-9,12H,10-11H2,1H3,(H,18,20)(H,19,22)/t12-/m0/s1. The van der Waals surface area contributed by atoms with Crippen molar-refractivity contribution in [3.8, 4) is 0 Å². The number of amides is 1. The summed E-state index contributed by atoms with van der Waals surface area (Å²) in [5, 5.41) is 15.1. The first-order valence-electron chi connectivity index (χ1n) is 7.77. The van der Waals surface area contributed by atoms with Gasteiger partial charge in [0.2, 0.25) is 11.0 Å². The van der Waals surface area contributed by atoms with Crippen molar-refractivity contribution in [2.75, 3.05) is 11.1 Å². The second-order valence-electron chi connectivity index (χ2n) is 5.31. The minimum atomic E-state index is -0.152. The van der Waals surface area contributed by atoms with Crippen LogP contribution in [0.3, 0.4) is 0 Å². The molecule has 0 fully saturated rings. The van der Waals surface area contributed by atoms with Gasteiger partial charge < -0.3 is 15.1 Å². The normalized spacial score (nSPS) is 11.9. The number of hydrogen-bond acceptors (Lipinski definition) is 7. The topological polar surface area (TPSA) is 80.0 Å². The van der Waals surface area contributed by atoms with Crippen LogP contribution in [0.5, 0.6) is 0 Å². The first kappa shape index (κ1) is 17.5. The number of rotatable bonds is 8. The molecule has 2 N–H and O–H groups in total. The molecule has 1 atom stereocenters. The van der Waals surface area contributed by atoms with Gasteiger partial charge in [0.15, 0.2) is 4.34 Å². The first-order valence-corrected chi connectivity index (χ1v) is 9.58. The van der Waals surface area contributed by atoms with Crippen LogP contribution in [0.2, 0.25) is 0 Å². The summed E-state index contributed by atoms with van der Waals surface area (Å²) in [6.45, 7) is 2.58. The fourth-order valence-corrected chi connectivity index (χ4v) is 3.69. The van der Waals surface area contributed by atoms with E-state index in [2.05, 4.69) is 20.8 Å². The molecule has 0 spiro atoms. The highest BCUT2D eigenvalue weighted by Gasteiger charge is 2.13. The van der Waals surface area contributed by atoms with E-state index in [1.54, 1.807) is 12.3 Å². The third-order valence-corrected chi connectivity index (χ3v) is 5.38. The molecule has 0 aliphatic heterocycles. The van der Waals surface area contributed by atoms with Crippen LogP contribution >= 0.6 is 23.1 Å². The third-order valence-electron chi connectivity index (χ3n) is 3.37. The Kier molecular flexibility index (Phi) is 6.08. The predicted octanol–water partition coefficient (Wildman–Crippen LogP) is 3.71. The number of carbonyl (C=O) groups excluding carboxylic acids is 1. The van der Waals surface area contributed by atoms with Crippen LogP contribution in [0.1, 0.15) is 24.3 Å². The SMILES string of the molecule is C[C@H](NC(=O)CSc1nnc(NCc2ccccc2)s1)c1ccco1. The van der Waals surface area contributed by atoms with Gasteiger partial charge in [-0.1, -0.05) is 53.4 Å². The fraction of sp³-hybridized carbons (Fsp3) is 0.235. The van der Waals surface area contributed by atoms with Gasteiger partial charge in [-0.2, -0.15) is 0 Å². The van der Waals surface area contributed by atoms with Gasteiger partial charge in [-0.3, -0.25) is 4.79 Å². The van der Waals surface area contributed by atoms with E-state index in [9.17, 15) is 4.79 Å². The Morgan fingerprint density at radius 1 is 1.24 bits per heavy atom. The molecule has 0 aliphatic carbocycles. The highest BCUT2D eigenvalue weighted by atomic mass is 32.2. The zero-order valence-electron chi connectivity index (χ0n) is 13.6. The first-order chi connectivity index (χ1) is 12.2. The molecular weight excluding hydrogens is 356 g/mol. The van der Waals surface area contributed by atoms with Crippen molar-refractivity contribution < 1.29 is 9.21 Å². The summed E-state index contributed by atoms with van der Waals surface area (Å²) < 4.78 is 6.04. The zero-order valence-corrected chi connectivity index (χ0v) is 15.3. The van der Waals surface area contributed by atoms with Gasteiger partial charge >= 0.3 is 0 Å². The molecule has 3 rings (SSSR count). The summed E-state index contributed by atoms with van der Waals surface area (Å²) in [4.78, 5) is 12.0. The zero-order chi connectivity index (χ0) is 17.5.